The smallest absolute Gasteiger partial charge is 0.384 e. The number of fused-ring (bicyclic) bond motifs is 1. The quantitative estimate of drug-likeness (QED) is 0.286. The molecule has 5 heterocycles. The molecule has 0 amide bonds. The lowest BCUT2D eigenvalue weighted by atomic mass is 9.83. The van der Waals surface area contributed by atoms with Gasteiger partial charge in [0.15, 0.2) is 11.5 Å². The van der Waals surface area contributed by atoms with Crippen molar-refractivity contribution in [2.45, 2.75) is 51.7 Å². The van der Waals surface area contributed by atoms with Gasteiger partial charge >= 0.3 is 5.76 Å². The van der Waals surface area contributed by atoms with Crippen molar-refractivity contribution < 1.29 is 13.2 Å². The Balaban J connectivity index is 1.64. The maximum Gasteiger partial charge on any atom is 0.434 e. The minimum absolute atomic E-state index is 0.0481. The number of H-pyrrole nitrogens is 1. The number of nitrogens with zero attached hydrogens (tertiary/aromatic N) is 7. The minimum Gasteiger partial charge on any atom is -0.384 e. The van der Waals surface area contributed by atoms with Crippen LogP contribution in [-0.2, 0) is 12.2 Å². The van der Waals surface area contributed by atoms with Crippen LogP contribution >= 0.6 is 11.6 Å². The number of halogens is 3. The lowest BCUT2D eigenvalue weighted by Crippen LogP contribution is -2.28. The zero-order chi connectivity index (χ0) is 28.0. The van der Waals surface area contributed by atoms with Gasteiger partial charge in [-0.2, -0.15) is 0 Å². The Morgan fingerprint density at radius 3 is 2.70 bits per heavy atom. The molecule has 1 aliphatic rings. The number of alkyl halides is 1. The van der Waals surface area contributed by atoms with Crippen LogP contribution in [0.25, 0.3) is 34.1 Å². The van der Waals surface area contributed by atoms with E-state index >= 15 is 4.39 Å². The summed E-state index contributed by atoms with van der Waals surface area (Å²) in [5, 5.41) is 6.39. The average Bonchev–Trinajstić information content (AvgIpc) is 3.53. The molecule has 5 aromatic heterocycles. The second kappa shape index (κ2) is 10.2. The maximum absolute atomic E-state index is 16.8. The summed E-state index contributed by atoms with van der Waals surface area (Å²) >= 11 is 6.27. The maximum atomic E-state index is 16.8. The van der Waals surface area contributed by atoms with Crippen molar-refractivity contribution in [2.75, 3.05) is 0 Å². The fraction of sp³-hybridized carbons (Fsp3) is 0.370. The normalized spacial score (nSPS) is 19.1. The van der Waals surface area contributed by atoms with Gasteiger partial charge in [-0.1, -0.05) is 31.4 Å². The van der Waals surface area contributed by atoms with Crippen molar-refractivity contribution in [3.63, 3.8) is 0 Å². The van der Waals surface area contributed by atoms with Crippen LogP contribution in [0.3, 0.4) is 0 Å². The minimum atomic E-state index is -2.42. The van der Waals surface area contributed by atoms with E-state index in [1.54, 1.807) is 16.8 Å². The highest BCUT2D eigenvalue weighted by atomic mass is 35.5. The lowest BCUT2D eigenvalue weighted by Gasteiger charge is -2.29. The van der Waals surface area contributed by atoms with E-state index < -0.39 is 17.2 Å². The van der Waals surface area contributed by atoms with Crippen LogP contribution < -0.4 is 5.76 Å². The molecule has 0 spiro atoms. The molecule has 1 N–H and O–H groups in total. The third kappa shape index (κ3) is 4.76. The first kappa shape index (κ1) is 26.2. The number of rotatable bonds is 6. The Morgan fingerprint density at radius 2 is 2.00 bits per heavy atom. The van der Waals surface area contributed by atoms with E-state index in [9.17, 15) is 9.18 Å². The van der Waals surface area contributed by atoms with Crippen LogP contribution in [0, 0.1) is 17.7 Å². The molecule has 10 nitrogen and oxygen atoms in total. The highest BCUT2D eigenvalue weighted by Gasteiger charge is 2.40. The topological polar surface area (TPSA) is 128 Å². The van der Waals surface area contributed by atoms with E-state index in [1.165, 1.54) is 25.4 Å². The molecule has 1 saturated carbocycles. The molecule has 1 aliphatic carbocycles. The van der Waals surface area contributed by atoms with E-state index in [4.69, 9.17) is 16.0 Å². The van der Waals surface area contributed by atoms with Crippen LogP contribution in [0.4, 0.5) is 8.78 Å². The van der Waals surface area contributed by atoms with Gasteiger partial charge in [0, 0.05) is 30.7 Å². The van der Waals surface area contributed by atoms with Crippen molar-refractivity contribution >= 4 is 22.8 Å². The number of hydrogen-bond acceptors (Lipinski definition) is 8. The summed E-state index contributed by atoms with van der Waals surface area (Å²) in [6.07, 6.45) is 8.39. The predicted octanol–water partition coefficient (Wildman–Crippen LogP) is 5.48. The van der Waals surface area contributed by atoms with Gasteiger partial charge in [-0.15, -0.1) is 5.10 Å². The molecule has 0 bridgehead atoms. The Hall–Kier alpha value is -4.06. The summed E-state index contributed by atoms with van der Waals surface area (Å²) in [5.41, 5.74) is -1.43. The Labute approximate surface area is 231 Å². The molecule has 5 aromatic rings. The highest BCUT2D eigenvalue weighted by molar-refractivity contribution is 6.30. The first-order valence-corrected chi connectivity index (χ1v) is 13.3. The van der Waals surface area contributed by atoms with Gasteiger partial charge in [0.25, 0.3) is 5.89 Å². The molecule has 0 saturated heterocycles. The van der Waals surface area contributed by atoms with Gasteiger partial charge in [-0.3, -0.25) is 9.97 Å². The average molecular weight is 567 g/mol. The second-order valence-corrected chi connectivity index (χ2v) is 10.8. The molecule has 6 rings (SSSR count). The number of aromatic nitrogens is 8. The van der Waals surface area contributed by atoms with E-state index in [0.717, 1.165) is 31.7 Å². The number of hydrogen-bond donors (Lipinski definition) is 1. The molecule has 40 heavy (non-hydrogen) atoms. The predicted molar refractivity (Wildman–Crippen MR) is 143 cm³/mol. The van der Waals surface area contributed by atoms with E-state index in [2.05, 4.69) is 42.0 Å². The second-order valence-electron chi connectivity index (χ2n) is 10.4. The van der Waals surface area contributed by atoms with Crippen molar-refractivity contribution in [1.29, 1.82) is 0 Å². The zero-order valence-corrected chi connectivity index (χ0v) is 22.5. The molecule has 13 heteroatoms. The first-order valence-electron chi connectivity index (χ1n) is 13.0. The summed E-state index contributed by atoms with van der Waals surface area (Å²) in [5.74, 6) is -1.01. The third-order valence-corrected chi connectivity index (χ3v) is 7.62. The summed E-state index contributed by atoms with van der Waals surface area (Å²) in [6, 6.07) is 4.23. The van der Waals surface area contributed by atoms with E-state index in [-0.39, 0.29) is 34.8 Å². The Morgan fingerprint density at radius 1 is 1.20 bits per heavy atom. The van der Waals surface area contributed by atoms with Crippen molar-refractivity contribution in [2.24, 2.45) is 11.8 Å². The largest absolute Gasteiger partial charge is 0.434 e. The Kier molecular flexibility index (Phi) is 6.65. The van der Waals surface area contributed by atoms with Gasteiger partial charge in [0.2, 0.25) is 11.5 Å². The standard InChI is InChI=1S/C27H25ClF2N8O2/c1-14-5-7-15(8-6-14)13-38-20-19(16-10-17(28)12-31-11-16)33-23(24-36-37-26(39)40-24)34-22(20)35-25(38)27(2,30)21-18(29)4-3-9-32-21/h3-4,9-12,14-15H,5-8,13H2,1-2H3,(H,37,39). The van der Waals surface area contributed by atoms with Crippen LogP contribution in [0.5, 0.6) is 0 Å². The molecule has 0 aliphatic heterocycles. The van der Waals surface area contributed by atoms with Crippen LogP contribution in [0.2, 0.25) is 5.02 Å². The van der Waals surface area contributed by atoms with E-state index in [0.29, 0.717) is 34.3 Å². The molecular weight excluding hydrogens is 542 g/mol. The van der Waals surface area contributed by atoms with Gasteiger partial charge in [0.1, 0.15) is 22.7 Å². The molecule has 0 radical (unpaired) electrons. The summed E-state index contributed by atoms with van der Waals surface area (Å²) < 4.78 is 38.5. The number of pyridine rings is 2. The Bertz CT molecular complexity index is 1760. The number of imidazole rings is 1. The highest BCUT2D eigenvalue weighted by Crippen LogP contribution is 2.39. The SMILES string of the molecule is CC1CCC(Cn2c(C(C)(F)c3ncccc3F)nc3nc(-c4n[nH]c(=O)o4)nc(-c4cncc(Cl)c4)c32)CC1. The van der Waals surface area contributed by atoms with Crippen LogP contribution in [0.1, 0.15) is 51.0 Å². The van der Waals surface area contributed by atoms with E-state index in [1.807, 2.05) is 0 Å². The van der Waals surface area contributed by atoms with Gasteiger partial charge < -0.3 is 8.98 Å². The third-order valence-electron chi connectivity index (χ3n) is 7.41. The fourth-order valence-corrected chi connectivity index (χ4v) is 5.52. The van der Waals surface area contributed by atoms with Gasteiger partial charge in [-0.25, -0.2) is 33.6 Å². The van der Waals surface area contributed by atoms with Gasteiger partial charge in [0.05, 0.1) is 5.02 Å². The summed E-state index contributed by atoms with van der Waals surface area (Å²) in [7, 11) is 0. The van der Waals surface area contributed by atoms with Crippen LogP contribution in [0.15, 0.2) is 46.0 Å². The first-order chi connectivity index (χ1) is 19.2. The zero-order valence-electron chi connectivity index (χ0n) is 21.7. The fourth-order valence-electron chi connectivity index (χ4n) is 5.34. The lowest BCUT2D eigenvalue weighted by molar-refractivity contribution is 0.203. The number of aromatic amines is 1. The molecule has 1 atom stereocenters. The van der Waals surface area contributed by atoms with Crippen LogP contribution in [-0.4, -0.2) is 39.7 Å². The molecular formula is C27H25ClF2N8O2. The van der Waals surface area contributed by atoms with Crippen molar-refractivity contribution in [3.8, 4) is 23.0 Å². The summed E-state index contributed by atoms with van der Waals surface area (Å²) in [6.45, 7) is 3.87. The number of nitrogens with one attached hydrogen (secondary N) is 1. The van der Waals surface area contributed by atoms with Gasteiger partial charge in [-0.05, 0) is 49.8 Å². The molecule has 206 valence electrons. The van der Waals surface area contributed by atoms with Crippen molar-refractivity contribution in [1.82, 2.24) is 39.7 Å². The molecule has 0 aromatic carbocycles. The summed E-state index contributed by atoms with van der Waals surface area (Å²) in [4.78, 5) is 33.6. The molecule has 1 fully saturated rings. The molecule has 1 unspecified atom stereocenters. The monoisotopic (exact) mass is 566 g/mol. The van der Waals surface area contributed by atoms with Crippen molar-refractivity contribution in [3.05, 3.63) is 69.7 Å².